The van der Waals surface area contributed by atoms with Crippen LogP contribution >= 0.6 is 0 Å². The van der Waals surface area contributed by atoms with Crippen LogP contribution in [0.4, 0.5) is 5.69 Å². The SMILES string of the molecule is CCCCCN1C(=O)C(=O)/C(=C(\O)c2ccc3c(c2)CCCC3)C1c1ccc(N(C)C)cc1. The minimum absolute atomic E-state index is 0.0681. The fraction of sp³-hybridized carbons (Fsp3) is 0.429. The van der Waals surface area contributed by atoms with Crippen LogP contribution in [0.1, 0.15) is 67.3 Å². The maximum atomic E-state index is 13.2. The normalized spacial score (nSPS) is 19.6. The quantitative estimate of drug-likeness (QED) is 0.273. The van der Waals surface area contributed by atoms with Crippen molar-refractivity contribution in [3.05, 3.63) is 70.3 Å². The van der Waals surface area contributed by atoms with Crippen molar-refractivity contribution in [3.63, 3.8) is 0 Å². The smallest absolute Gasteiger partial charge is 0.295 e. The highest BCUT2D eigenvalue weighted by Crippen LogP contribution is 2.40. The zero-order valence-corrected chi connectivity index (χ0v) is 19.9. The van der Waals surface area contributed by atoms with Crippen LogP contribution < -0.4 is 4.90 Å². The number of fused-ring (bicyclic) bond motifs is 1. The van der Waals surface area contributed by atoms with E-state index < -0.39 is 17.7 Å². The van der Waals surface area contributed by atoms with Gasteiger partial charge in [-0.3, -0.25) is 9.59 Å². The van der Waals surface area contributed by atoms with Gasteiger partial charge in [0.2, 0.25) is 0 Å². The monoisotopic (exact) mass is 446 g/mol. The van der Waals surface area contributed by atoms with E-state index in [-0.39, 0.29) is 11.3 Å². The summed E-state index contributed by atoms with van der Waals surface area (Å²) >= 11 is 0. The molecule has 1 heterocycles. The molecule has 1 aliphatic heterocycles. The third-order valence-corrected chi connectivity index (χ3v) is 6.89. The predicted molar refractivity (Wildman–Crippen MR) is 132 cm³/mol. The Bertz CT molecular complexity index is 1070. The fourth-order valence-corrected chi connectivity index (χ4v) is 4.98. The predicted octanol–water partition coefficient (Wildman–Crippen LogP) is 5.24. The molecular weight excluding hydrogens is 412 g/mol. The van der Waals surface area contributed by atoms with Crippen molar-refractivity contribution in [2.24, 2.45) is 0 Å². The summed E-state index contributed by atoms with van der Waals surface area (Å²) in [6.07, 6.45) is 7.20. The Morgan fingerprint density at radius 2 is 1.70 bits per heavy atom. The van der Waals surface area contributed by atoms with E-state index in [1.807, 2.05) is 55.4 Å². The minimum Gasteiger partial charge on any atom is -0.507 e. The molecule has 0 aromatic heterocycles. The number of nitrogens with zero attached hydrogens (tertiary/aromatic N) is 2. The first kappa shape index (κ1) is 23.1. The number of amides is 1. The van der Waals surface area contributed by atoms with Crippen molar-refractivity contribution in [1.82, 2.24) is 4.90 Å². The number of Topliss-reactive ketones (excluding diaryl/α,β-unsaturated/α-hetero) is 1. The zero-order valence-electron chi connectivity index (χ0n) is 19.9. The number of likely N-dealkylation sites (tertiary alicyclic amines) is 1. The van der Waals surface area contributed by atoms with Crippen molar-refractivity contribution in [2.45, 2.75) is 57.9 Å². The van der Waals surface area contributed by atoms with Crippen molar-refractivity contribution >= 4 is 23.1 Å². The summed E-state index contributed by atoms with van der Waals surface area (Å²) in [5.41, 5.74) is 5.25. The summed E-state index contributed by atoms with van der Waals surface area (Å²) in [5.74, 6) is -1.18. The first-order valence-corrected chi connectivity index (χ1v) is 12.1. The lowest BCUT2D eigenvalue weighted by molar-refractivity contribution is -0.139. The van der Waals surface area contributed by atoms with E-state index in [2.05, 4.69) is 13.0 Å². The van der Waals surface area contributed by atoms with Crippen LogP contribution in [0.15, 0.2) is 48.0 Å². The van der Waals surface area contributed by atoms with E-state index >= 15 is 0 Å². The van der Waals surface area contributed by atoms with E-state index in [4.69, 9.17) is 0 Å². The number of carbonyl (C=O) groups excluding carboxylic acids is 2. The molecule has 33 heavy (non-hydrogen) atoms. The highest BCUT2D eigenvalue weighted by atomic mass is 16.3. The molecule has 2 aliphatic rings. The lowest BCUT2D eigenvalue weighted by atomic mass is 9.88. The summed E-state index contributed by atoms with van der Waals surface area (Å²) in [5, 5.41) is 11.3. The molecule has 1 aliphatic carbocycles. The molecule has 0 bridgehead atoms. The van der Waals surface area contributed by atoms with Crippen LogP contribution in [0.5, 0.6) is 0 Å². The number of hydrogen-bond acceptors (Lipinski definition) is 4. The number of ketones is 1. The summed E-state index contributed by atoms with van der Waals surface area (Å²) < 4.78 is 0. The average molecular weight is 447 g/mol. The van der Waals surface area contributed by atoms with Crippen LogP contribution in [-0.2, 0) is 22.4 Å². The highest BCUT2D eigenvalue weighted by molar-refractivity contribution is 6.46. The molecule has 0 spiro atoms. The summed E-state index contributed by atoms with van der Waals surface area (Å²) in [7, 11) is 3.95. The van der Waals surface area contributed by atoms with Crippen LogP contribution in [0.25, 0.3) is 5.76 Å². The lowest BCUT2D eigenvalue weighted by Crippen LogP contribution is -2.30. The van der Waals surface area contributed by atoms with Crippen molar-refractivity contribution in [1.29, 1.82) is 0 Å². The molecule has 2 aromatic rings. The third kappa shape index (κ3) is 4.54. The Kier molecular flexibility index (Phi) is 6.87. The number of carbonyl (C=O) groups is 2. The second-order valence-electron chi connectivity index (χ2n) is 9.38. The summed E-state index contributed by atoms with van der Waals surface area (Å²) in [6.45, 7) is 2.61. The maximum absolute atomic E-state index is 13.2. The van der Waals surface area contributed by atoms with Gasteiger partial charge in [0, 0.05) is 31.9 Å². The van der Waals surface area contributed by atoms with E-state index in [0.717, 1.165) is 49.8 Å². The summed E-state index contributed by atoms with van der Waals surface area (Å²) in [6, 6.07) is 13.3. The van der Waals surface area contributed by atoms with Gasteiger partial charge in [-0.1, -0.05) is 44.0 Å². The zero-order chi connectivity index (χ0) is 23.5. The number of aliphatic hydroxyl groups excluding tert-OH is 1. The Morgan fingerprint density at radius 3 is 2.36 bits per heavy atom. The second kappa shape index (κ2) is 9.82. The molecule has 1 saturated heterocycles. The van der Waals surface area contributed by atoms with Gasteiger partial charge in [-0.2, -0.15) is 0 Å². The summed E-state index contributed by atoms with van der Waals surface area (Å²) in [4.78, 5) is 29.9. The number of hydrogen-bond donors (Lipinski definition) is 1. The molecule has 1 atom stereocenters. The van der Waals surface area contributed by atoms with Gasteiger partial charge >= 0.3 is 0 Å². The molecule has 1 fully saturated rings. The third-order valence-electron chi connectivity index (χ3n) is 6.89. The Balaban J connectivity index is 1.79. The van der Waals surface area contributed by atoms with E-state index in [0.29, 0.717) is 12.1 Å². The van der Waals surface area contributed by atoms with Gasteiger partial charge in [-0.05, 0) is 67.0 Å². The van der Waals surface area contributed by atoms with Crippen molar-refractivity contribution in [2.75, 3.05) is 25.5 Å². The molecule has 4 rings (SSSR count). The number of anilines is 1. The van der Waals surface area contributed by atoms with Gasteiger partial charge < -0.3 is 14.9 Å². The van der Waals surface area contributed by atoms with Gasteiger partial charge in [-0.25, -0.2) is 0 Å². The number of aryl methyl sites for hydroxylation is 2. The molecule has 174 valence electrons. The second-order valence-corrected chi connectivity index (χ2v) is 9.38. The first-order valence-electron chi connectivity index (χ1n) is 12.1. The van der Waals surface area contributed by atoms with Gasteiger partial charge in [0.15, 0.2) is 0 Å². The van der Waals surface area contributed by atoms with Gasteiger partial charge in [-0.15, -0.1) is 0 Å². The van der Waals surface area contributed by atoms with Crippen molar-refractivity contribution in [3.8, 4) is 0 Å². The Hall–Kier alpha value is -3.08. The molecule has 1 N–H and O–H groups in total. The van der Waals surface area contributed by atoms with E-state index in [9.17, 15) is 14.7 Å². The topological polar surface area (TPSA) is 60.9 Å². The van der Waals surface area contributed by atoms with Crippen LogP contribution in [0.3, 0.4) is 0 Å². The minimum atomic E-state index is -0.594. The number of aliphatic hydroxyl groups is 1. The average Bonchev–Trinajstić information content (AvgIpc) is 3.08. The Labute approximate surface area is 196 Å². The standard InChI is InChI=1S/C28H34N2O3/c1-4-5-8-17-30-25(20-13-15-23(16-14-20)29(2)3)24(27(32)28(30)33)26(31)22-12-11-19-9-6-7-10-21(19)18-22/h11-16,18,25,31H,4-10,17H2,1-3H3/b26-24-. The highest BCUT2D eigenvalue weighted by Gasteiger charge is 2.45. The Morgan fingerprint density at radius 1 is 1.00 bits per heavy atom. The largest absolute Gasteiger partial charge is 0.507 e. The van der Waals surface area contributed by atoms with Gasteiger partial charge in [0.05, 0.1) is 11.6 Å². The van der Waals surface area contributed by atoms with Crippen LogP contribution in [-0.4, -0.2) is 42.3 Å². The van der Waals surface area contributed by atoms with Crippen molar-refractivity contribution < 1.29 is 14.7 Å². The van der Waals surface area contributed by atoms with Crippen LogP contribution in [0, 0.1) is 0 Å². The van der Waals surface area contributed by atoms with E-state index in [1.54, 1.807) is 4.90 Å². The molecule has 5 heteroatoms. The number of rotatable bonds is 7. The number of benzene rings is 2. The lowest BCUT2D eigenvalue weighted by Gasteiger charge is -2.26. The number of unbranched alkanes of at least 4 members (excludes halogenated alkanes) is 2. The fourth-order valence-electron chi connectivity index (χ4n) is 4.98. The first-order chi connectivity index (χ1) is 15.9. The molecular formula is C28H34N2O3. The molecule has 1 amide bonds. The molecule has 0 radical (unpaired) electrons. The van der Waals surface area contributed by atoms with Crippen LogP contribution in [0.2, 0.25) is 0 Å². The van der Waals surface area contributed by atoms with Gasteiger partial charge in [0.1, 0.15) is 5.76 Å². The molecule has 1 unspecified atom stereocenters. The van der Waals surface area contributed by atoms with E-state index in [1.165, 1.54) is 17.5 Å². The molecule has 0 saturated carbocycles. The van der Waals surface area contributed by atoms with Gasteiger partial charge in [0.25, 0.3) is 11.7 Å². The maximum Gasteiger partial charge on any atom is 0.295 e. The molecule has 2 aromatic carbocycles. The molecule has 5 nitrogen and oxygen atoms in total.